The van der Waals surface area contributed by atoms with E-state index in [9.17, 15) is 14.7 Å². The SMILES string of the molecule is CCCCCCCCCCCCCCCCC(COC(CC)N1CC(=O)N(CCO)C1=O)OCc1ccccc1. The van der Waals surface area contributed by atoms with E-state index in [1.54, 1.807) is 0 Å². The molecule has 0 saturated carbocycles. The van der Waals surface area contributed by atoms with Crippen LogP contribution in [0.25, 0.3) is 0 Å². The highest BCUT2D eigenvalue weighted by molar-refractivity contribution is 6.02. The molecule has 40 heavy (non-hydrogen) atoms. The van der Waals surface area contributed by atoms with Gasteiger partial charge in [0.05, 0.1) is 32.5 Å². The first kappa shape index (κ1) is 34.2. The number of rotatable bonds is 25. The van der Waals surface area contributed by atoms with Gasteiger partial charge in [-0.25, -0.2) is 4.79 Å². The van der Waals surface area contributed by atoms with Crippen molar-refractivity contribution in [1.29, 1.82) is 0 Å². The van der Waals surface area contributed by atoms with E-state index >= 15 is 0 Å². The van der Waals surface area contributed by atoms with Crippen LogP contribution in [0.15, 0.2) is 30.3 Å². The van der Waals surface area contributed by atoms with Crippen molar-refractivity contribution in [3.05, 3.63) is 35.9 Å². The topological polar surface area (TPSA) is 79.3 Å². The highest BCUT2D eigenvalue weighted by Gasteiger charge is 2.39. The van der Waals surface area contributed by atoms with Crippen LogP contribution in [-0.4, -0.2) is 65.5 Å². The number of nitrogens with zero attached hydrogens (tertiary/aromatic N) is 2. The number of ether oxygens (including phenoxy) is 2. The number of aliphatic hydroxyl groups is 1. The van der Waals surface area contributed by atoms with Crippen molar-refractivity contribution >= 4 is 11.9 Å². The summed E-state index contributed by atoms with van der Waals surface area (Å²) in [5.74, 6) is -0.291. The fourth-order valence-corrected chi connectivity index (χ4v) is 5.32. The summed E-state index contributed by atoms with van der Waals surface area (Å²) in [6.07, 6.45) is 19.6. The smallest absolute Gasteiger partial charge is 0.329 e. The van der Waals surface area contributed by atoms with Crippen LogP contribution in [0.2, 0.25) is 0 Å². The molecule has 0 aromatic heterocycles. The summed E-state index contributed by atoms with van der Waals surface area (Å²) in [6, 6.07) is 9.75. The zero-order chi connectivity index (χ0) is 28.8. The van der Waals surface area contributed by atoms with Gasteiger partial charge in [0, 0.05) is 0 Å². The van der Waals surface area contributed by atoms with Crippen LogP contribution in [0.5, 0.6) is 0 Å². The summed E-state index contributed by atoms with van der Waals surface area (Å²) in [5.41, 5.74) is 1.13. The fraction of sp³-hybridized carbons (Fsp3) is 0.758. The standard InChI is InChI=1S/C33H56N2O5/c1-3-5-6-7-8-9-10-11-12-13-14-15-16-20-23-30(39-27-29-21-18-17-19-22-29)28-40-32(4-2)35-26-31(37)34(24-25-36)33(35)38/h17-19,21-22,30,32,36H,3-16,20,23-28H2,1-2H3. The van der Waals surface area contributed by atoms with Crippen molar-refractivity contribution in [1.82, 2.24) is 9.80 Å². The molecule has 1 fully saturated rings. The van der Waals surface area contributed by atoms with Crippen molar-refractivity contribution in [2.24, 2.45) is 0 Å². The van der Waals surface area contributed by atoms with E-state index in [4.69, 9.17) is 9.47 Å². The number of aliphatic hydroxyl groups excluding tert-OH is 1. The van der Waals surface area contributed by atoms with E-state index in [2.05, 4.69) is 19.1 Å². The molecule has 7 nitrogen and oxygen atoms in total. The molecule has 1 saturated heterocycles. The lowest BCUT2D eigenvalue weighted by molar-refractivity contribution is -0.127. The van der Waals surface area contributed by atoms with Gasteiger partial charge in [0.15, 0.2) is 0 Å². The average Bonchev–Trinajstić information content (AvgIpc) is 3.25. The molecule has 7 heteroatoms. The lowest BCUT2D eigenvalue weighted by Crippen LogP contribution is -2.42. The van der Waals surface area contributed by atoms with Crippen LogP contribution in [0.1, 0.15) is 122 Å². The lowest BCUT2D eigenvalue weighted by atomic mass is 10.0. The highest BCUT2D eigenvalue weighted by Crippen LogP contribution is 2.19. The van der Waals surface area contributed by atoms with Gasteiger partial charge < -0.3 is 14.6 Å². The number of hydrogen-bond acceptors (Lipinski definition) is 5. The summed E-state index contributed by atoms with van der Waals surface area (Å²) in [6.45, 7) is 4.90. The van der Waals surface area contributed by atoms with Crippen molar-refractivity contribution in [3.63, 3.8) is 0 Å². The van der Waals surface area contributed by atoms with Gasteiger partial charge in [-0.05, 0) is 18.4 Å². The van der Waals surface area contributed by atoms with Crippen LogP contribution >= 0.6 is 0 Å². The number of unbranched alkanes of at least 4 members (excludes halogenated alkanes) is 13. The Balaban J connectivity index is 1.69. The summed E-state index contributed by atoms with van der Waals surface area (Å²) in [5, 5.41) is 9.19. The predicted molar refractivity (Wildman–Crippen MR) is 161 cm³/mol. The van der Waals surface area contributed by atoms with Gasteiger partial charge in [-0.1, -0.05) is 134 Å². The molecule has 0 spiro atoms. The van der Waals surface area contributed by atoms with Crippen molar-refractivity contribution in [3.8, 4) is 0 Å². The summed E-state index contributed by atoms with van der Waals surface area (Å²) >= 11 is 0. The summed E-state index contributed by atoms with van der Waals surface area (Å²) in [4.78, 5) is 27.5. The maximum absolute atomic E-state index is 12.7. The Hall–Kier alpha value is -1.96. The third-order valence-corrected chi connectivity index (χ3v) is 7.79. The number of carbonyl (C=O) groups excluding carboxylic acids is 2. The number of hydrogen-bond donors (Lipinski definition) is 1. The van der Waals surface area contributed by atoms with Crippen molar-refractivity contribution < 1.29 is 24.2 Å². The molecule has 2 unspecified atom stereocenters. The van der Waals surface area contributed by atoms with Gasteiger partial charge in [-0.3, -0.25) is 14.6 Å². The Morgan fingerprint density at radius 2 is 1.38 bits per heavy atom. The summed E-state index contributed by atoms with van der Waals surface area (Å²) < 4.78 is 12.4. The number of amides is 3. The van der Waals surface area contributed by atoms with Gasteiger partial charge in [-0.15, -0.1) is 0 Å². The number of carbonyl (C=O) groups is 2. The van der Waals surface area contributed by atoms with E-state index in [1.807, 2.05) is 25.1 Å². The third kappa shape index (κ3) is 13.6. The van der Waals surface area contributed by atoms with Crippen LogP contribution in [0.4, 0.5) is 4.79 Å². The second-order valence-corrected chi connectivity index (χ2v) is 11.2. The van der Waals surface area contributed by atoms with Crippen LogP contribution in [-0.2, 0) is 20.9 Å². The van der Waals surface area contributed by atoms with Crippen LogP contribution in [0, 0.1) is 0 Å². The number of β-amino-alcohol motifs (C(OH)–C–C–N with tert-alkyl or cyclic N) is 1. The molecule has 1 heterocycles. The number of imide groups is 1. The molecule has 0 radical (unpaired) electrons. The normalized spacial score (nSPS) is 15.3. The molecule has 0 bridgehead atoms. The minimum absolute atomic E-state index is 0.00810. The van der Waals surface area contributed by atoms with Gasteiger partial charge in [0.1, 0.15) is 12.8 Å². The van der Waals surface area contributed by atoms with Gasteiger partial charge in [-0.2, -0.15) is 0 Å². The van der Waals surface area contributed by atoms with Crippen LogP contribution in [0.3, 0.4) is 0 Å². The Bertz CT molecular complexity index is 790. The molecular weight excluding hydrogens is 504 g/mol. The largest absolute Gasteiger partial charge is 0.395 e. The first-order chi connectivity index (χ1) is 19.6. The Kier molecular flexibility index (Phi) is 18.6. The van der Waals surface area contributed by atoms with Crippen molar-refractivity contribution in [2.45, 2.75) is 136 Å². The van der Waals surface area contributed by atoms with E-state index < -0.39 is 6.23 Å². The Morgan fingerprint density at radius 3 is 1.93 bits per heavy atom. The zero-order valence-electron chi connectivity index (χ0n) is 25.4. The Labute approximate surface area is 243 Å². The van der Waals surface area contributed by atoms with Gasteiger partial charge in [0.25, 0.3) is 0 Å². The molecule has 1 aromatic rings. The van der Waals surface area contributed by atoms with Crippen LogP contribution < -0.4 is 0 Å². The minimum Gasteiger partial charge on any atom is -0.395 e. The third-order valence-electron chi connectivity index (χ3n) is 7.79. The van der Waals surface area contributed by atoms with Gasteiger partial charge >= 0.3 is 6.03 Å². The molecule has 1 aliphatic heterocycles. The molecule has 1 aliphatic rings. The second kappa shape index (κ2) is 21.7. The number of urea groups is 1. The van der Waals surface area contributed by atoms with E-state index in [-0.39, 0.29) is 37.7 Å². The van der Waals surface area contributed by atoms with E-state index in [1.165, 1.54) is 88.4 Å². The first-order valence-electron chi connectivity index (χ1n) is 16.1. The fourth-order valence-electron chi connectivity index (χ4n) is 5.32. The van der Waals surface area contributed by atoms with E-state index in [0.717, 1.165) is 23.3 Å². The molecular formula is C33H56N2O5. The molecule has 2 atom stereocenters. The lowest BCUT2D eigenvalue weighted by Gasteiger charge is -2.28. The predicted octanol–water partition coefficient (Wildman–Crippen LogP) is 7.45. The molecule has 1 N–H and O–H groups in total. The second-order valence-electron chi connectivity index (χ2n) is 11.2. The number of benzene rings is 1. The molecule has 0 aliphatic carbocycles. The maximum atomic E-state index is 12.7. The molecule has 3 amide bonds. The molecule has 1 aromatic carbocycles. The molecule has 2 rings (SSSR count). The highest BCUT2D eigenvalue weighted by atomic mass is 16.5. The van der Waals surface area contributed by atoms with Gasteiger partial charge in [0.2, 0.25) is 5.91 Å². The average molecular weight is 561 g/mol. The first-order valence-corrected chi connectivity index (χ1v) is 16.1. The quantitative estimate of drug-likeness (QED) is 0.0992. The van der Waals surface area contributed by atoms with E-state index in [0.29, 0.717) is 19.6 Å². The van der Waals surface area contributed by atoms with Crippen molar-refractivity contribution in [2.75, 3.05) is 26.3 Å². The monoisotopic (exact) mass is 560 g/mol. The minimum atomic E-state index is -0.487. The zero-order valence-corrected chi connectivity index (χ0v) is 25.4. The molecule has 228 valence electrons. The summed E-state index contributed by atoms with van der Waals surface area (Å²) in [7, 11) is 0. The maximum Gasteiger partial charge on any atom is 0.329 e. The Morgan fingerprint density at radius 1 is 0.800 bits per heavy atom.